The van der Waals surface area contributed by atoms with Gasteiger partial charge in [-0.05, 0) is 51.2 Å². The standard InChI is InChI=1S/C31H37N9O2/c1-6-31(41)36-25-17-26(28(42-21-11-12-21)18-27(25)39(4)16-15-38(2)3)35-30-19-29(32-20-33-30)34-23-10-8-7-9-22(23)24-13-14-40(5)37-24/h6-10,13-14,17-21H,1,11-12,15-16H2,2-5H3,(H,36,41)(H2,32,33,34,35). The molecule has 3 N–H and O–H groups in total. The SMILES string of the molecule is C=CC(=O)Nc1cc(Nc2cc(Nc3ccccc3-c3ccn(C)n3)ncn2)c(OC2CC2)cc1N(C)CCN(C)C. The van der Waals surface area contributed by atoms with E-state index in [0.717, 1.165) is 48.6 Å². The average molecular weight is 568 g/mol. The molecule has 0 bridgehead atoms. The number of nitrogens with one attached hydrogen (secondary N) is 3. The number of benzene rings is 2. The van der Waals surface area contributed by atoms with Crippen molar-refractivity contribution in [2.75, 3.05) is 55.1 Å². The number of aromatic nitrogens is 4. The molecule has 0 atom stereocenters. The summed E-state index contributed by atoms with van der Waals surface area (Å²) in [6.07, 6.45) is 6.87. The minimum Gasteiger partial charge on any atom is -0.488 e. The number of anilines is 6. The van der Waals surface area contributed by atoms with Crippen molar-refractivity contribution in [2.24, 2.45) is 7.05 Å². The number of nitrogens with zero attached hydrogens (tertiary/aromatic N) is 6. The Hall–Kier alpha value is -4.90. The van der Waals surface area contributed by atoms with Crippen LogP contribution in [0.3, 0.4) is 0 Å². The molecule has 1 fully saturated rings. The Bertz CT molecular complexity index is 1560. The van der Waals surface area contributed by atoms with E-state index in [2.05, 4.69) is 47.4 Å². The van der Waals surface area contributed by atoms with E-state index in [-0.39, 0.29) is 12.0 Å². The fourth-order valence-electron chi connectivity index (χ4n) is 4.34. The van der Waals surface area contributed by atoms with Crippen molar-refractivity contribution in [3.05, 3.63) is 73.7 Å². The van der Waals surface area contributed by atoms with Gasteiger partial charge in [0.1, 0.15) is 23.7 Å². The number of amides is 1. The molecular formula is C31H37N9O2. The van der Waals surface area contributed by atoms with E-state index >= 15 is 0 Å². The summed E-state index contributed by atoms with van der Waals surface area (Å²) in [5, 5.41) is 14.3. The van der Waals surface area contributed by atoms with Gasteiger partial charge < -0.3 is 30.5 Å². The number of para-hydroxylation sites is 1. The molecule has 1 amide bonds. The van der Waals surface area contributed by atoms with Crippen LogP contribution in [-0.4, -0.2) is 70.9 Å². The fraction of sp³-hybridized carbons (Fsp3) is 0.290. The van der Waals surface area contributed by atoms with Crippen LogP contribution in [0.4, 0.5) is 34.4 Å². The highest BCUT2D eigenvalue weighted by atomic mass is 16.5. The van der Waals surface area contributed by atoms with Crippen molar-refractivity contribution < 1.29 is 9.53 Å². The molecule has 2 aromatic carbocycles. The third kappa shape index (κ3) is 7.24. The van der Waals surface area contributed by atoms with Gasteiger partial charge in [0.05, 0.1) is 28.9 Å². The number of hydrogen-bond donors (Lipinski definition) is 3. The highest BCUT2D eigenvalue weighted by molar-refractivity contribution is 6.02. The maximum absolute atomic E-state index is 12.4. The molecule has 4 aromatic rings. The summed E-state index contributed by atoms with van der Waals surface area (Å²) in [4.78, 5) is 25.5. The second kappa shape index (κ2) is 12.7. The van der Waals surface area contributed by atoms with Crippen LogP contribution in [0.5, 0.6) is 5.75 Å². The highest BCUT2D eigenvalue weighted by Gasteiger charge is 2.26. The Morgan fingerprint density at radius 3 is 2.43 bits per heavy atom. The maximum Gasteiger partial charge on any atom is 0.247 e. The summed E-state index contributed by atoms with van der Waals surface area (Å²) < 4.78 is 8.10. The van der Waals surface area contributed by atoms with Gasteiger partial charge in [0.15, 0.2) is 0 Å². The number of rotatable bonds is 13. The number of carbonyl (C=O) groups excluding carboxylic acids is 1. The van der Waals surface area contributed by atoms with Crippen molar-refractivity contribution >= 4 is 40.3 Å². The summed E-state index contributed by atoms with van der Waals surface area (Å²) in [6, 6.07) is 15.6. The zero-order valence-electron chi connectivity index (χ0n) is 24.5. The van der Waals surface area contributed by atoms with Crippen LogP contribution < -0.4 is 25.6 Å². The summed E-state index contributed by atoms with van der Waals surface area (Å²) in [7, 11) is 7.96. The Morgan fingerprint density at radius 2 is 1.76 bits per heavy atom. The van der Waals surface area contributed by atoms with Gasteiger partial charge in [-0.1, -0.05) is 24.8 Å². The van der Waals surface area contributed by atoms with Gasteiger partial charge in [-0.25, -0.2) is 9.97 Å². The van der Waals surface area contributed by atoms with E-state index in [9.17, 15) is 4.79 Å². The molecule has 2 heterocycles. The number of carbonyl (C=O) groups is 1. The molecule has 11 heteroatoms. The first-order valence-corrected chi connectivity index (χ1v) is 13.9. The normalized spacial score (nSPS) is 12.6. The predicted molar refractivity (Wildman–Crippen MR) is 168 cm³/mol. The van der Waals surface area contributed by atoms with Gasteiger partial charge in [-0.15, -0.1) is 0 Å². The lowest BCUT2D eigenvalue weighted by Crippen LogP contribution is -2.29. The van der Waals surface area contributed by atoms with Crippen molar-refractivity contribution in [1.29, 1.82) is 0 Å². The number of likely N-dealkylation sites (N-methyl/N-ethyl adjacent to an activating group) is 2. The predicted octanol–water partition coefficient (Wildman–Crippen LogP) is 5.03. The van der Waals surface area contributed by atoms with Crippen molar-refractivity contribution in [3.63, 3.8) is 0 Å². The third-order valence-electron chi connectivity index (χ3n) is 6.76. The van der Waals surface area contributed by atoms with E-state index in [0.29, 0.717) is 28.8 Å². The Kier molecular flexibility index (Phi) is 8.68. The van der Waals surface area contributed by atoms with Crippen LogP contribution >= 0.6 is 0 Å². The molecule has 42 heavy (non-hydrogen) atoms. The molecule has 1 aliphatic rings. The van der Waals surface area contributed by atoms with Gasteiger partial charge in [0.25, 0.3) is 0 Å². The quantitative estimate of drug-likeness (QED) is 0.192. The van der Waals surface area contributed by atoms with Crippen LogP contribution in [0.15, 0.2) is 73.7 Å². The van der Waals surface area contributed by atoms with Crippen LogP contribution in [0, 0.1) is 0 Å². The minimum atomic E-state index is -0.292. The van der Waals surface area contributed by atoms with Crippen molar-refractivity contribution in [3.8, 4) is 17.0 Å². The topological polar surface area (TPSA) is 112 Å². The van der Waals surface area contributed by atoms with Gasteiger partial charge in [0, 0.05) is 56.8 Å². The van der Waals surface area contributed by atoms with Crippen molar-refractivity contribution in [1.82, 2.24) is 24.6 Å². The smallest absolute Gasteiger partial charge is 0.247 e. The van der Waals surface area contributed by atoms with Gasteiger partial charge in [0.2, 0.25) is 5.91 Å². The lowest BCUT2D eigenvalue weighted by Gasteiger charge is -2.26. The molecule has 11 nitrogen and oxygen atoms in total. The Balaban J connectivity index is 1.45. The lowest BCUT2D eigenvalue weighted by atomic mass is 10.1. The summed E-state index contributed by atoms with van der Waals surface area (Å²) in [6.45, 7) is 5.23. The molecule has 5 rings (SSSR count). The number of aryl methyl sites for hydroxylation is 1. The molecule has 0 saturated heterocycles. The van der Waals surface area contributed by atoms with E-state index in [1.807, 2.05) is 82.9 Å². The molecule has 0 aliphatic heterocycles. The Morgan fingerprint density at radius 1 is 1.02 bits per heavy atom. The first-order valence-electron chi connectivity index (χ1n) is 13.9. The molecule has 2 aromatic heterocycles. The average Bonchev–Trinajstić information content (AvgIpc) is 3.69. The first-order chi connectivity index (χ1) is 20.3. The molecular weight excluding hydrogens is 530 g/mol. The summed E-state index contributed by atoms with van der Waals surface area (Å²) in [5.41, 5.74) is 4.87. The van der Waals surface area contributed by atoms with Crippen LogP contribution in [0.1, 0.15) is 12.8 Å². The zero-order valence-corrected chi connectivity index (χ0v) is 24.5. The molecule has 1 saturated carbocycles. The molecule has 0 spiro atoms. The second-order valence-electron chi connectivity index (χ2n) is 10.6. The zero-order chi connectivity index (χ0) is 29.6. The van der Waals surface area contributed by atoms with Crippen LogP contribution in [0.25, 0.3) is 11.3 Å². The number of hydrogen-bond acceptors (Lipinski definition) is 9. The minimum absolute atomic E-state index is 0.171. The molecule has 218 valence electrons. The van der Waals surface area contributed by atoms with Crippen LogP contribution in [0.2, 0.25) is 0 Å². The van der Waals surface area contributed by atoms with E-state index in [1.54, 1.807) is 4.68 Å². The van der Waals surface area contributed by atoms with Gasteiger partial charge in [-0.2, -0.15) is 5.10 Å². The van der Waals surface area contributed by atoms with E-state index in [1.165, 1.54) is 12.4 Å². The molecule has 0 radical (unpaired) electrons. The summed E-state index contributed by atoms with van der Waals surface area (Å²) >= 11 is 0. The molecule has 0 unspecified atom stereocenters. The van der Waals surface area contributed by atoms with Crippen LogP contribution in [-0.2, 0) is 11.8 Å². The number of ether oxygens (including phenoxy) is 1. The largest absolute Gasteiger partial charge is 0.488 e. The highest BCUT2D eigenvalue weighted by Crippen LogP contribution is 2.41. The van der Waals surface area contributed by atoms with Gasteiger partial charge in [-0.3, -0.25) is 9.48 Å². The first kappa shape index (κ1) is 28.6. The van der Waals surface area contributed by atoms with Gasteiger partial charge >= 0.3 is 0 Å². The molecule has 1 aliphatic carbocycles. The third-order valence-corrected chi connectivity index (χ3v) is 6.76. The van der Waals surface area contributed by atoms with E-state index < -0.39 is 0 Å². The fourth-order valence-corrected chi connectivity index (χ4v) is 4.34. The van der Waals surface area contributed by atoms with E-state index in [4.69, 9.17) is 4.74 Å². The Labute approximate surface area is 246 Å². The second-order valence-corrected chi connectivity index (χ2v) is 10.6. The van der Waals surface area contributed by atoms with Crippen molar-refractivity contribution in [2.45, 2.75) is 18.9 Å². The lowest BCUT2D eigenvalue weighted by molar-refractivity contribution is -0.111. The summed E-state index contributed by atoms with van der Waals surface area (Å²) in [5.74, 6) is 1.58. The maximum atomic E-state index is 12.4. The monoisotopic (exact) mass is 567 g/mol.